The first-order chi connectivity index (χ1) is 12.5. The molecule has 0 spiro atoms. The van der Waals surface area contributed by atoms with Crippen LogP contribution in [0.25, 0.3) is 0 Å². The van der Waals surface area contributed by atoms with Crippen LogP contribution in [0.2, 0.25) is 0 Å². The highest BCUT2D eigenvalue weighted by atomic mass is 127. The van der Waals surface area contributed by atoms with Crippen molar-refractivity contribution in [3.63, 3.8) is 0 Å². The lowest BCUT2D eigenvalue weighted by Crippen LogP contribution is -2.51. The zero-order chi connectivity index (χ0) is 18.9. The second-order valence-corrected chi connectivity index (χ2v) is 7.43. The molecule has 2 rings (SSSR count). The average Bonchev–Trinajstić information content (AvgIpc) is 2.65. The summed E-state index contributed by atoms with van der Waals surface area (Å²) in [5.41, 5.74) is -1.10. The van der Waals surface area contributed by atoms with Gasteiger partial charge in [0.1, 0.15) is 0 Å². The lowest BCUT2D eigenvalue weighted by Gasteiger charge is -2.36. The summed E-state index contributed by atoms with van der Waals surface area (Å²) in [6.45, 7) is 10.8. The molecule has 2 heterocycles. The molecule has 2 fully saturated rings. The van der Waals surface area contributed by atoms with E-state index in [0.29, 0.717) is 25.6 Å². The first-order valence-electron chi connectivity index (χ1n) is 9.66. The molecule has 0 amide bonds. The quantitative estimate of drug-likeness (QED) is 0.253. The Morgan fingerprint density at radius 1 is 1.19 bits per heavy atom. The van der Waals surface area contributed by atoms with Crippen molar-refractivity contribution in [3.8, 4) is 0 Å². The molecule has 0 bridgehead atoms. The monoisotopic (exact) mass is 500 g/mol. The molecule has 8 nitrogen and oxygen atoms in total. The number of morpholine rings is 1. The van der Waals surface area contributed by atoms with E-state index in [0.717, 1.165) is 58.9 Å². The van der Waals surface area contributed by atoms with Crippen LogP contribution in [0.4, 0.5) is 0 Å². The number of hydrogen-bond acceptors (Lipinski definition) is 6. The largest absolute Gasteiger partial charge is 0.387 e. The van der Waals surface area contributed by atoms with Gasteiger partial charge in [-0.05, 0) is 13.8 Å². The van der Waals surface area contributed by atoms with Gasteiger partial charge in [-0.25, -0.2) is 0 Å². The fraction of sp³-hybridized carbons (Fsp3) is 0.944. The standard InChI is InChI=1S/C18H36N4O4.HI/c1-4-19-16(21-14-18(24-3)5-9-25-10-6-18)20-13-17(2,23)15-22-7-11-26-12-8-22;/h23H,4-15H2,1-3H3,(H2,19,20,21);1H. The molecule has 2 aliphatic rings. The molecule has 2 saturated heterocycles. The molecule has 27 heavy (non-hydrogen) atoms. The van der Waals surface area contributed by atoms with Crippen LogP contribution in [0.5, 0.6) is 0 Å². The molecule has 1 unspecified atom stereocenters. The van der Waals surface area contributed by atoms with Crippen molar-refractivity contribution in [1.82, 2.24) is 15.5 Å². The van der Waals surface area contributed by atoms with E-state index in [-0.39, 0.29) is 29.6 Å². The van der Waals surface area contributed by atoms with E-state index in [4.69, 9.17) is 14.2 Å². The lowest BCUT2D eigenvalue weighted by molar-refractivity contribution is -0.0855. The summed E-state index contributed by atoms with van der Waals surface area (Å²) < 4.78 is 16.6. The van der Waals surface area contributed by atoms with Crippen LogP contribution < -0.4 is 10.6 Å². The summed E-state index contributed by atoms with van der Waals surface area (Å²) in [4.78, 5) is 6.82. The van der Waals surface area contributed by atoms with Crippen LogP contribution in [0.3, 0.4) is 0 Å². The molecular weight excluding hydrogens is 463 g/mol. The number of β-amino-alcohol motifs (C(OH)–C–C–N with tert-alkyl or cyclic N) is 1. The number of methoxy groups -OCH3 is 1. The van der Waals surface area contributed by atoms with Crippen LogP contribution in [-0.2, 0) is 14.2 Å². The van der Waals surface area contributed by atoms with Gasteiger partial charge in [-0.15, -0.1) is 24.0 Å². The zero-order valence-electron chi connectivity index (χ0n) is 17.0. The molecule has 0 saturated carbocycles. The normalized spacial score (nSPS) is 23.2. The molecule has 0 aromatic heterocycles. The number of ether oxygens (including phenoxy) is 3. The lowest BCUT2D eigenvalue weighted by atomic mass is 9.94. The van der Waals surface area contributed by atoms with Gasteiger partial charge in [-0.3, -0.25) is 9.89 Å². The maximum atomic E-state index is 10.7. The summed E-state index contributed by atoms with van der Waals surface area (Å²) >= 11 is 0. The molecule has 2 aliphatic heterocycles. The molecule has 0 aromatic carbocycles. The molecule has 1 atom stereocenters. The number of nitrogens with zero attached hydrogens (tertiary/aromatic N) is 2. The van der Waals surface area contributed by atoms with Gasteiger partial charge in [0.2, 0.25) is 0 Å². The number of aliphatic imine (C=N–C) groups is 1. The van der Waals surface area contributed by atoms with E-state index in [2.05, 4.69) is 20.5 Å². The van der Waals surface area contributed by atoms with Gasteiger partial charge < -0.3 is 30.0 Å². The Labute approximate surface area is 180 Å². The van der Waals surface area contributed by atoms with Crippen molar-refractivity contribution in [3.05, 3.63) is 0 Å². The van der Waals surface area contributed by atoms with Gasteiger partial charge >= 0.3 is 0 Å². The third-order valence-electron chi connectivity index (χ3n) is 5.01. The third kappa shape index (κ3) is 8.78. The van der Waals surface area contributed by atoms with Gasteiger partial charge in [-0.1, -0.05) is 0 Å². The first-order valence-corrected chi connectivity index (χ1v) is 9.66. The summed E-state index contributed by atoms with van der Waals surface area (Å²) in [7, 11) is 1.75. The van der Waals surface area contributed by atoms with E-state index in [1.165, 1.54) is 0 Å². The van der Waals surface area contributed by atoms with Crippen molar-refractivity contribution in [1.29, 1.82) is 0 Å². The van der Waals surface area contributed by atoms with Gasteiger partial charge in [0, 0.05) is 65.9 Å². The second kappa shape index (κ2) is 12.4. The highest BCUT2D eigenvalue weighted by Gasteiger charge is 2.32. The molecule has 9 heteroatoms. The Balaban J connectivity index is 0.00000364. The second-order valence-electron chi connectivity index (χ2n) is 7.43. The van der Waals surface area contributed by atoms with Crippen LogP contribution in [0.1, 0.15) is 26.7 Å². The highest BCUT2D eigenvalue weighted by molar-refractivity contribution is 14.0. The van der Waals surface area contributed by atoms with Crippen molar-refractivity contribution >= 4 is 29.9 Å². The van der Waals surface area contributed by atoms with Gasteiger partial charge in [-0.2, -0.15) is 0 Å². The van der Waals surface area contributed by atoms with Crippen molar-refractivity contribution in [2.75, 3.05) is 72.8 Å². The Bertz CT molecular complexity index is 439. The zero-order valence-corrected chi connectivity index (χ0v) is 19.3. The number of halogens is 1. The Morgan fingerprint density at radius 3 is 2.41 bits per heavy atom. The topological polar surface area (TPSA) is 87.6 Å². The van der Waals surface area contributed by atoms with E-state index < -0.39 is 5.60 Å². The molecular formula is C18H37IN4O4. The Kier molecular flexibility index (Phi) is 11.4. The number of nitrogens with one attached hydrogen (secondary N) is 2. The first kappa shape index (κ1) is 24.8. The smallest absolute Gasteiger partial charge is 0.191 e. The SMILES string of the molecule is CCNC(=NCC(C)(O)CN1CCOCC1)NCC1(OC)CCOCC1.I. The summed E-state index contributed by atoms with van der Waals surface area (Å²) in [6.07, 6.45) is 1.73. The summed E-state index contributed by atoms with van der Waals surface area (Å²) in [6, 6.07) is 0. The number of aliphatic hydroxyl groups is 1. The fourth-order valence-electron chi connectivity index (χ4n) is 3.32. The van der Waals surface area contributed by atoms with Crippen molar-refractivity contribution < 1.29 is 19.3 Å². The molecule has 160 valence electrons. The van der Waals surface area contributed by atoms with E-state index in [1.807, 2.05) is 13.8 Å². The minimum atomic E-state index is -0.878. The Hall–Kier alpha value is -0.200. The van der Waals surface area contributed by atoms with E-state index in [1.54, 1.807) is 7.11 Å². The number of guanidine groups is 1. The molecule has 0 radical (unpaired) electrons. The van der Waals surface area contributed by atoms with Crippen molar-refractivity contribution in [2.45, 2.75) is 37.9 Å². The van der Waals surface area contributed by atoms with Gasteiger partial charge in [0.05, 0.1) is 31.0 Å². The maximum Gasteiger partial charge on any atom is 0.191 e. The average molecular weight is 500 g/mol. The summed E-state index contributed by atoms with van der Waals surface area (Å²) in [5, 5.41) is 17.3. The summed E-state index contributed by atoms with van der Waals surface area (Å²) in [5.74, 6) is 0.706. The predicted molar refractivity (Wildman–Crippen MR) is 117 cm³/mol. The predicted octanol–water partition coefficient (Wildman–Crippen LogP) is 0.438. The maximum absolute atomic E-state index is 10.7. The fourth-order valence-corrected chi connectivity index (χ4v) is 3.32. The number of rotatable bonds is 8. The van der Waals surface area contributed by atoms with Crippen molar-refractivity contribution in [2.24, 2.45) is 4.99 Å². The minimum Gasteiger partial charge on any atom is -0.387 e. The van der Waals surface area contributed by atoms with Crippen LogP contribution >= 0.6 is 24.0 Å². The van der Waals surface area contributed by atoms with E-state index >= 15 is 0 Å². The molecule has 0 aromatic rings. The third-order valence-corrected chi connectivity index (χ3v) is 5.01. The Morgan fingerprint density at radius 2 is 1.81 bits per heavy atom. The van der Waals surface area contributed by atoms with Crippen LogP contribution in [0.15, 0.2) is 4.99 Å². The molecule has 3 N–H and O–H groups in total. The minimum absolute atomic E-state index is 0. The van der Waals surface area contributed by atoms with Crippen LogP contribution in [-0.4, -0.2) is 100.0 Å². The van der Waals surface area contributed by atoms with Crippen LogP contribution in [0, 0.1) is 0 Å². The van der Waals surface area contributed by atoms with Gasteiger partial charge in [0.15, 0.2) is 5.96 Å². The van der Waals surface area contributed by atoms with Gasteiger partial charge in [0.25, 0.3) is 0 Å². The molecule has 0 aliphatic carbocycles. The van der Waals surface area contributed by atoms with E-state index in [9.17, 15) is 5.11 Å². The highest BCUT2D eigenvalue weighted by Crippen LogP contribution is 2.23. The number of hydrogen-bond donors (Lipinski definition) is 3.